The smallest absolute Gasteiger partial charge is 0.230 e. The molecule has 2 rings (SSSR count). The Morgan fingerprint density at radius 3 is 2.11 bits per heavy atom. The zero-order valence-electron chi connectivity index (χ0n) is 12.1. The van der Waals surface area contributed by atoms with Crippen molar-refractivity contribution in [1.29, 1.82) is 0 Å². The van der Waals surface area contributed by atoms with Crippen molar-refractivity contribution in [2.75, 3.05) is 26.7 Å². The van der Waals surface area contributed by atoms with Crippen molar-refractivity contribution in [1.82, 2.24) is 9.80 Å². The van der Waals surface area contributed by atoms with E-state index in [9.17, 15) is 4.79 Å². The van der Waals surface area contributed by atoms with Crippen LogP contribution in [0.15, 0.2) is 0 Å². The topological polar surface area (TPSA) is 49.6 Å². The Morgan fingerprint density at radius 2 is 1.72 bits per heavy atom. The molecule has 2 fully saturated rings. The molecular weight excluding hydrogens is 226 g/mol. The highest BCUT2D eigenvalue weighted by atomic mass is 16.2. The van der Waals surface area contributed by atoms with E-state index < -0.39 is 0 Å². The molecule has 1 heterocycles. The van der Waals surface area contributed by atoms with Crippen molar-refractivity contribution in [3.63, 3.8) is 0 Å². The monoisotopic (exact) mass is 253 g/mol. The Morgan fingerprint density at radius 1 is 1.22 bits per heavy atom. The van der Waals surface area contributed by atoms with Crippen LogP contribution in [-0.4, -0.2) is 54.5 Å². The van der Waals surface area contributed by atoms with E-state index in [1.54, 1.807) is 0 Å². The van der Waals surface area contributed by atoms with E-state index in [2.05, 4.69) is 32.7 Å². The summed E-state index contributed by atoms with van der Waals surface area (Å²) in [6.07, 6.45) is 1.94. The molecule has 1 amide bonds. The Labute approximate surface area is 110 Å². The summed E-state index contributed by atoms with van der Waals surface area (Å²) in [5.74, 6) is 0.953. The van der Waals surface area contributed by atoms with Gasteiger partial charge in [0.05, 0.1) is 5.41 Å². The van der Waals surface area contributed by atoms with Crippen LogP contribution in [0.2, 0.25) is 0 Å². The molecule has 0 radical (unpaired) electrons. The molecule has 4 nitrogen and oxygen atoms in total. The Bertz CT molecular complexity index is 313. The lowest BCUT2D eigenvalue weighted by Gasteiger charge is -2.50. The lowest BCUT2D eigenvalue weighted by atomic mass is 9.61. The molecule has 4 heteroatoms. The summed E-state index contributed by atoms with van der Waals surface area (Å²) in [7, 11) is 2.14. The molecule has 1 aliphatic carbocycles. The quantitative estimate of drug-likeness (QED) is 0.796. The van der Waals surface area contributed by atoms with Gasteiger partial charge in [-0.3, -0.25) is 9.69 Å². The summed E-state index contributed by atoms with van der Waals surface area (Å²) < 4.78 is 0. The van der Waals surface area contributed by atoms with Crippen LogP contribution in [0.1, 0.15) is 33.6 Å². The van der Waals surface area contributed by atoms with Crippen molar-refractivity contribution >= 4 is 5.91 Å². The van der Waals surface area contributed by atoms with Crippen LogP contribution < -0.4 is 5.73 Å². The molecule has 104 valence electrons. The third-order valence-electron chi connectivity index (χ3n) is 4.97. The zero-order valence-corrected chi connectivity index (χ0v) is 12.1. The van der Waals surface area contributed by atoms with Gasteiger partial charge in [0.15, 0.2) is 0 Å². The van der Waals surface area contributed by atoms with Crippen molar-refractivity contribution in [3.05, 3.63) is 0 Å². The number of piperazine rings is 1. The van der Waals surface area contributed by atoms with E-state index in [1.165, 1.54) is 0 Å². The predicted molar refractivity (Wildman–Crippen MR) is 73.2 cm³/mol. The maximum atomic E-state index is 12.7. The maximum Gasteiger partial charge on any atom is 0.230 e. The highest BCUT2D eigenvalue weighted by molar-refractivity contribution is 5.84. The first-order valence-electron chi connectivity index (χ1n) is 7.11. The fourth-order valence-corrected chi connectivity index (χ4v) is 3.61. The highest BCUT2D eigenvalue weighted by Crippen LogP contribution is 2.46. The molecule has 0 aromatic carbocycles. The number of hydrogen-bond acceptors (Lipinski definition) is 3. The van der Waals surface area contributed by atoms with Gasteiger partial charge in [-0.15, -0.1) is 0 Å². The average molecular weight is 253 g/mol. The standard InChI is InChI=1S/C14H27N3O/c1-10-5-14(6-10,9-15)13(18)17-7-11(2)16(4)12(3)8-17/h10-12H,5-9,15H2,1-4H3. The summed E-state index contributed by atoms with van der Waals surface area (Å²) >= 11 is 0. The van der Waals surface area contributed by atoms with E-state index >= 15 is 0 Å². The lowest BCUT2D eigenvalue weighted by molar-refractivity contribution is -0.153. The molecule has 0 aromatic heterocycles. The number of amides is 1. The van der Waals surface area contributed by atoms with E-state index in [-0.39, 0.29) is 5.41 Å². The number of rotatable bonds is 2. The minimum absolute atomic E-state index is 0.241. The van der Waals surface area contributed by atoms with E-state index in [0.29, 0.717) is 30.5 Å². The average Bonchev–Trinajstić information content (AvgIpc) is 2.30. The maximum absolute atomic E-state index is 12.7. The normalized spacial score (nSPS) is 41.6. The molecule has 18 heavy (non-hydrogen) atoms. The summed E-state index contributed by atoms with van der Waals surface area (Å²) in [5, 5.41) is 0. The Balaban J connectivity index is 2.05. The fraction of sp³-hybridized carbons (Fsp3) is 0.929. The highest BCUT2D eigenvalue weighted by Gasteiger charge is 2.49. The third kappa shape index (κ3) is 2.16. The minimum Gasteiger partial charge on any atom is -0.339 e. The van der Waals surface area contributed by atoms with Crippen molar-refractivity contribution < 1.29 is 4.79 Å². The number of carbonyl (C=O) groups is 1. The second-order valence-electron chi connectivity index (χ2n) is 6.57. The Kier molecular flexibility index (Phi) is 3.70. The van der Waals surface area contributed by atoms with Gasteiger partial charge in [0, 0.05) is 31.7 Å². The number of carbonyl (C=O) groups excluding carboxylic acids is 1. The SMILES string of the molecule is CC1CC(CN)(C(=O)N2CC(C)N(C)C(C)C2)C1. The number of likely N-dealkylation sites (N-methyl/N-ethyl adjacent to an activating group) is 1. The van der Waals surface area contributed by atoms with Gasteiger partial charge in [0.2, 0.25) is 5.91 Å². The van der Waals surface area contributed by atoms with Crippen LogP contribution in [-0.2, 0) is 4.79 Å². The lowest BCUT2D eigenvalue weighted by Crippen LogP contribution is -2.62. The Hall–Kier alpha value is -0.610. The number of nitrogens with two attached hydrogens (primary N) is 1. The van der Waals surface area contributed by atoms with Crippen molar-refractivity contribution in [2.45, 2.75) is 45.7 Å². The van der Waals surface area contributed by atoms with Gasteiger partial charge in [-0.25, -0.2) is 0 Å². The summed E-state index contributed by atoms with van der Waals surface area (Å²) in [5.41, 5.74) is 5.64. The van der Waals surface area contributed by atoms with E-state index in [1.807, 2.05) is 4.90 Å². The first-order valence-corrected chi connectivity index (χ1v) is 7.11. The third-order valence-corrected chi connectivity index (χ3v) is 4.97. The van der Waals surface area contributed by atoms with Crippen LogP contribution in [0.5, 0.6) is 0 Å². The molecule has 0 bridgehead atoms. The second-order valence-corrected chi connectivity index (χ2v) is 6.57. The summed E-state index contributed by atoms with van der Waals surface area (Å²) in [6.45, 7) is 8.77. The van der Waals surface area contributed by atoms with Crippen molar-refractivity contribution in [2.24, 2.45) is 17.1 Å². The van der Waals surface area contributed by atoms with Crippen LogP contribution in [0.3, 0.4) is 0 Å². The molecular formula is C14H27N3O. The van der Waals surface area contributed by atoms with Crippen LogP contribution >= 0.6 is 0 Å². The molecule has 0 aromatic rings. The first-order chi connectivity index (χ1) is 8.39. The van der Waals surface area contributed by atoms with Gasteiger partial charge in [0.25, 0.3) is 0 Å². The molecule has 2 unspecified atom stereocenters. The molecule has 2 atom stereocenters. The van der Waals surface area contributed by atoms with Gasteiger partial charge in [-0.05, 0) is 39.7 Å². The largest absolute Gasteiger partial charge is 0.339 e. The van der Waals surface area contributed by atoms with E-state index in [4.69, 9.17) is 5.73 Å². The fourth-order valence-electron chi connectivity index (χ4n) is 3.61. The number of nitrogens with zero attached hydrogens (tertiary/aromatic N) is 2. The molecule has 2 N–H and O–H groups in total. The van der Waals surface area contributed by atoms with Gasteiger partial charge in [-0.2, -0.15) is 0 Å². The minimum atomic E-state index is -0.241. The number of hydrogen-bond donors (Lipinski definition) is 1. The summed E-state index contributed by atoms with van der Waals surface area (Å²) in [6, 6.07) is 0.870. The van der Waals surface area contributed by atoms with Gasteiger partial charge >= 0.3 is 0 Å². The summed E-state index contributed by atoms with van der Waals surface area (Å²) in [4.78, 5) is 17.1. The second kappa shape index (κ2) is 4.82. The molecule has 1 saturated carbocycles. The predicted octanol–water partition coefficient (Wildman–Crippen LogP) is 0.912. The molecule has 2 aliphatic rings. The van der Waals surface area contributed by atoms with Crippen LogP contribution in [0, 0.1) is 11.3 Å². The zero-order chi connectivity index (χ0) is 13.5. The van der Waals surface area contributed by atoms with Crippen molar-refractivity contribution in [3.8, 4) is 0 Å². The van der Waals surface area contributed by atoms with Gasteiger partial charge < -0.3 is 10.6 Å². The van der Waals surface area contributed by atoms with E-state index in [0.717, 1.165) is 25.9 Å². The first kappa shape index (κ1) is 13.8. The van der Waals surface area contributed by atoms with Gasteiger partial charge in [-0.1, -0.05) is 6.92 Å². The molecule has 0 spiro atoms. The molecule has 1 aliphatic heterocycles. The van der Waals surface area contributed by atoms with Crippen LogP contribution in [0.4, 0.5) is 0 Å². The van der Waals surface area contributed by atoms with Crippen LogP contribution in [0.25, 0.3) is 0 Å². The molecule has 1 saturated heterocycles. The van der Waals surface area contributed by atoms with Gasteiger partial charge in [0.1, 0.15) is 0 Å².